The minimum Gasteiger partial charge on any atom is -0.493 e. The molecule has 5 nitrogen and oxygen atoms in total. The summed E-state index contributed by atoms with van der Waals surface area (Å²) < 4.78 is 13.6. The highest BCUT2D eigenvalue weighted by Gasteiger charge is 2.32. The molecule has 0 fully saturated rings. The number of hydrogen-bond acceptors (Lipinski definition) is 5. The second kappa shape index (κ2) is 9.69. The van der Waals surface area contributed by atoms with E-state index in [0.29, 0.717) is 32.5 Å². The van der Waals surface area contributed by atoms with Gasteiger partial charge in [0.25, 0.3) is 5.56 Å². The van der Waals surface area contributed by atoms with E-state index in [2.05, 4.69) is 24.3 Å². The maximum Gasteiger partial charge on any atom is 0.271 e. The Balaban J connectivity index is 1.56. The lowest BCUT2D eigenvalue weighted by Gasteiger charge is -2.30. The van der Waals surface area contributed by atoms with Crippen LogP contribution in [0, 0.1) is 0 Å². The molecule has 1 aromatic heterocycles. The number of ether oxygens (including phenoxy) is 2. The van der Waals surface area contributed by atoms with E-state index in [4.69, 9.17) is 26.1 Å². The van der Waals surface area contributed by atoms with Crippen LogP contribution in [0.5, 0.6) is 11.5 Å². The molecule has 186 valence electrons. The maximum absolute atomic E-state index is 13.9. The highest BCUT2D eigenvalue weighted by molar-refractivity contribution is 7.07. The minimum absolute atomic E-state index is 0.0537. The van der Waals surface area contributed by atoms with Crippen molar-refractivity contribution in [3.63, 3.8) is 0 Å². The molecule has 2 heterocycles. The zero-order valence-electron chi connectivity index (χ0n) is 20.5. The lowest BCUT2D eigenvalue weighted by molar-refractivity contribution is 0.311. The number of benzene rings is 3. The summed E-state index contributed by atoms with van der Waals surface area (Å²) in [5, 5.41) is 0.670. The second-order valence-electron chi connectivity index (χ2n) is 9.01. The minimum atomic E-state index is -0.228. The summed E-state index contributed by atoms with van der Waals surface area (Å²) in [7, 11) is 1.62. The van der Waals surface area contributed by atoms with Crippen LogP contribution in [0.3, 0.4) is 0 Å². The number of halogens is 1. The smallest absolute Gasteiger partial charge is 0.271 e. The fourth-order valence-corrected chi connectivity index (χ4v) is 6.29. The van der Waals surface area contributed by atoms with Gasteiger partial charge in [0.05, 0.1) is 30.0 Å². The van der Waals surface area contributed by atoms with Gasteiger partial charge < -0.3 is 9.47 Å². The number of aromatic nitrogens is 1. The van der Waals surface area contributed by atoms with Crippen LogP contribution in [-0.4, -0.2) is 18.3 Å². The lowest BCUT2D eigenvalue weighted by atomic mass is 9.83. The van der Waals surface area contributed by atoms with Gasteiger partial charge in [0.15, 0.2) is 16.3 Å². The molecule has 0 bridgehead atoms. The van der Waals surface area contributed by atoms with Crippen molar-refractivity contribution < 1.29 is 9.47 Å². The van der Waals surface area contributed by atoms with Gasteiger partial charge >= 0.3 is 0 Å². The van der Waals surface area contributed by atoms with E-state index >= 15 is 0 Å². The highest BCUT2D eigenvalue weighted by atomic mass is 35.5. The van der Waals surface area contributed by atoms with Crippen molar-refractivity contribution in [2.75, 3.05) is 13.7 Å². The summed E-state index contributed by atoms with van der Waals surface area (Å²) in [4.78, 5) is 19.7. The van der Waals surface area contributed by atoms with Crippen LogP contribution in [0.1, 0.15) is 41.6 Å². The molecule has 4 aromatic rings. The number of thiazole rings is 1. The second-order valence-corrected chi connectivity index (χ2v) is 10.5. The van der Waals surface area contributed by atoms with Crippen LogP contribution in [-0.2, 0) is 6.42 Å². The normalized spacial score (nSPS) is 16.5. The molecule has 0 radical (unpaired) electrons. The molecular weight excluding hydrogens is 504 g/mol. The summed E-state index contributed by atoms with van der Waals surface area (Å²) >= 11 is 7.63. The zero-order chi connectivity index (χ0) is 25.5. The first-order chi connectivity index (χ1) is 18.1. The Morgan fingerprint density at radius 3 is 2.68 bits per heavy atom. The lowest BCUT2D eigenvalue weighted by Crippen LogP contribution is -2.38. The molecule has 6 rings (SSSR count). The first kappa shape index (κ1) is 23.8. The predicted molar refractivity (Wildman–Crippen MR) is 148 cm³/mol. The summed E-state index contributed by atoms with van der Waals surface area (Å²) in [5.74, 6) is 1.31. The molecular formula is C30H25ClN2O3S. The first-order valence-corrected chi connectivity index (χ1v) is 13.5. The maximum atomic E-state index is 13.9. The molecule has 1 atom stereocenters. The van der Waals surface area contributed by atoms with Crippen molar-refractivity contribution in [3.05, 3.63) is 119 Å². The van der Waals surface area contributed by atoms with Crippen molar-refractivity contribution in [2.45, 2.75) is 25.8 Å². The highest BCUT2D eigenvalue weighted by Crippen LogP contribution is 2.41. The van der Waals surface area contributed by atoms with Crippen LogP contribution >= 0.6 is 22.9 Å². The molecule has 7 heteroatoms. The van der Waals surface area contributed by atoms with E-state index in [0.717, 1.165) is 35.2 Å². The third-order valence-corrected chi connectivity index (χ3v) is 8.08. The van der Waals surface area contributed by atoms with Crippen LogP contribution < -0.4 is 24.4 Å². The number of hydrogen-bond donors (Lipinski definition) is 0. The summed E-state index contributed by atoms with van der Waals surface area (Å²) in [6, 6.07) is 21.7. The average Bonchev–Trinajstić information content (AvgIpc) is 3.23. The molecule has 0 saturated heterocycles. The van der Waals surface area contributed by atoms with Gasteiger partial charge in [-0.05, 0) is 72.4 Å². The monoisotopic (exact) mass is 528 g/mol. The SMILES string of the molecule is CCOc1ccc(/C=c2/sc3n(c2=O)[C@H](c2ccc(Cl)cc2)C2=C(N=3)c3ccccc3CC2)cc1OC. The van der Waals surface area contributed by atoms with Crippen LogP contribution in [0.2, 0.25) is 5.02 Å². The summed E-state index contributed by atoms with van der Waals surface area (Å²) in [6.07, 6.45) is 3.67. The Labute approximate surface area is 223 Å². The van der Waals surface area contributed by atoms with Crippen molar-refractivity contribution >= 4 is 34.7 Å². The molecule has 0 unspecified atom stereocenters. The van der Waals surface area contributed by atoms with E-state index in [-0.39, 0.29) is 11.6 Å². The molecule has 0 spiro atoms. The molecule has 37 heavy (non-hydrogen) atoms. The van der Waals surface area contributed by atoms with Crippen LogP contribution in [0.4, 0.5) is 0 Å². The molecule has 1 aliphatic heterocycles. The molecule has 2 aliphatic rings. The fraction of sp³-hybridized carbons (Fsp3) is 0.200. The quantitative estimate of drug-likeness (QED) is 0.349. The zero-order valence-corrected chi connectivity index (χ0v) is 22.1. The van der Waals surface area contributed by atoms with Crippen molar-refractivity contribution in [3.8, 4) is 11.5 Å². The topological polar surface area (TPSA) is 52.8 Å². The van der Waals surface area contributed by atoms with E-state index in [1.54, 1.807) is 7.11 Å². The number of nitrogens with zero attached hydrogens (tertiary/aromatic N) is 2. The van der Waals surface area contributed by atoms with E-state index in [1.165, 1.54) is 22.5 Å². The number of methoxy groups -OCH3 is 1. The third-order valence-electron chi connectivity index (χ3n) is 6.84. The first-order valence-electron chi connectivity index (χ1n) is 12.3. The predicted octanol–water partition coefficient (Wildman–Crippen LogP) is 5.38. The average molecular weight is 529 g/mol. The van der Waals surface area contributed by atoms with Gasteiger partial charge in [-0.3, -0.25) is 9.36 Å². The fourth-order valence-electron chi connectivity index (χ4n) is 5.17. The van der Waals surface area contributed by atoms with Crippen LogP contribution in [0.15, 0.2) is 82.1 Å². The Morgan fingerprint density at radius 2 is 1.89 bits per heavy atom. The standard InChI is InChI=1S/C30H25ClN2O3S/c1-3-36-24-15-8-18(16-25(24)35-2)17-26-29(34)33-28(20-9-12-21(31)13-10-20)23-14-11-19-6-4-5-7-22(19)27(23)32-30(33)37-26/h4-10,12-13,15-17,28H,3,11,14H2,1-2H3/b26-17+/t28-/m1/s1. The van der Waals surface area contributed by atoms with Gasteiger partial charge in [-0.2, -0.15) is 0 Å². The Bertz CT molecular complexity index is 1720. The van der Waals surface area contributed by atoms with E-state index < -0.39 is 0 Å². The summed E-state index contributed by atoms with van der Waals surface area (Å²) in [5.41, 5.74) is 6.43. The van der Waals surface area contributed by atoms with Crippen molar-refractivity contribution in [1.29, 1.82) is 0 Å². The van der Waals surface area contributed by atoms with Gasteiger partial charge in [0.2, 0.25) is 0 Å². The third kappa shape index (κ3) is 4.20. The Hall–Kier alpha value is -3.61. The Kier molecular flexibility index (Phi) is 6.22. The van der Waals surface area contributed by atoms with Crippen LogP contribution in [0.25, 0.3) is 11.8 Å². The van der Waals surface area contributed by atoms with Crippen molar-refractivity contribution in [1.82, 2.24) is 4.57 Å². The number of fused-ring (bicyclic) bond motifs is 3. The van der Waals surface area contributed by atoms with Gasteiger partial charge in [0, 0.05) is 10.6 Å². The molecule has 0 saturated carbocycles. The molecule has 0 N–H and O–H groups in total. The Morgan fingerprint density at radius 1 is 1.08 bits per heavy atom. The van der Waals surface area contributed by atoms with E-state index in [9.17, 15) is 4.79 Å². The van der Waals surface area contributed by atoms with E-state index in [1.807, 2.05) is 60.0 Å². The molecule has 1 aliphatic carbocycles. The summed E-state index contributed by atoms with van der Waals surface area (Å²) in [6.45, 7) is 2.48. The van der Waals surface area contributed by atoms with Gasteiger partial charge in [0.1, 0.15) is 0 Å². The molecule has 3 aromatic carbocycles. The van der Waals surface area contributed by atoms with Crippen molar-refractivity contribution in [2.24, 2.45) is 4.99 Å². The largest absolute Gasteiger partial charge is 0.493 e. The van der Waals surface area contributed by atoms with Gasteiger partial charge in [-0.25, -0.2) is 4.99 Å². The van der Waals surface area contributed by atoms with Gasteiger partial charge in [-0.15, -0.1) is 0 Å². The number of allylic oxidation sites excluding steroid dienone is 1. The number of aryl methyl sites for hydroxylation is 1. The van der Waals surface area contributed by atoms with Gasteiger partial charge in [-0.1, -0.05) is 65.4 Å². The number of rotatable bonds is 5. The molecule has 0 amide bonds.